The molecule has 4 rings (SSSR count). The number of aliphatic hydroxyl groups excluding tert-OH is 3. The maximum Gasteiger partial charge on any atom is 0.329 e. The van der Waals surface area contributed by atoms with E-state index >= 15 is 0 Å². The molecular weight excluding hydrogens is 835 g/mol. The lowest BCUT2D eigenvalue weighted by molar-refractivity contribution is -0.317. The minimum Gasteiger partial charge on any atom is -0.460 e. The number of piperidine rings is 1. The predicted molar refractivity (Wildman–Crippen MR) is 246 cm³/mol. The van der Waals surface area contributed by atoms with Crippen LogP contribution in [-0.2, 0) is 42.9 Å². The molecule has 2 bridgehead atoms. The zero-order valence-electron chi connectivity index (χ0n) is 40.7. The maximum atomic E-state index is 14.4. The maximum absolute atomic E-state index is 14.4. The van der Waals surface area contributed by atoms with Crippen molar-refractivity contribution in [2.75, 3.05) is 27.9 Å². The molecule has 0 spiro atoms. The van der Waals surface area contributed by atoms with Crippen molar-refractivity contribution >= 4 is 23.4 Å². The van der Waals surface area contributed by atoms with E-state index in [4.69, 9.17) is 23.7 Å². The number of hydrogen-bond donors (Lipinski definition) is 4. The predicted octanol–water partition coefficient (Wildman–Crippen LogP) is 5.97. The Balaban J connectivity index is 1.70. The van der Waals surface area contributed by atoms with Crippen molar-refractivity contribution in [1.29, 1.82) is 0 Å². The molecule has 0 aromatic carbocycles. The Bertz CT molecular complexity index is 1710. The second-order valence-corrected chi connectivity index (χ2v) is 19.8. The second-order valence-electron chi connectivity index (χ2n) is 19.8. The molecule has 16 unspecified atom stereocenters. The van der Waals surface area contributed by atoms with Crippen molar-refractivity contribution in [3.63, 3.8) is 0 Å². The molecule has 4 N–H and O–H groups in total. The van der Waals surface area contributed by atoms with E-state index in [0.29, 0.717) is 63.4 Å². The van der Waals surface area contributed by atoms with Gasteiger partial charge < -0.3 is 49.0 Å². The molecule has 1 amide bonds. The van der Waals surface area contributed by atoms with E-state index < -0.39 is 78.1 Å². The minimum absolute atomic E-state index is 0.0291. The van der Waals surface area contributed by atoms with Gasteiger partial charge in [-0.05, 0) is 107 Å². The summed E-state index contributed by atoms with van der Waals surface area (Å²) in [7, 11) is 4.55. The number of aliphatic hydroxyl groups is 4. The van der Waals surface area contributed by atoms with Crippen LogP contribution in [0.25, 0.3) is 0 Å². The van der Waals surface area contributed by atoms with Crippen LogP contribution in [0.1, 0.15) is 126 Å². The molecule has 4 aliphatic rings. The van der Waals surface area contributed by atoms with E-state index in [9.17, 15) is 39.6 Å². The lowest BCUT2D eigenvalue weighted by Crippen LogP contribution is -2.63. The van der Waals surface area contributed by atoms with Crippen LogP contribution in [0.15, 0.2) is 47.6 Å². The number of fused-ring (bicyclic) bond motifs is 3. The van der Waals surface area contributed by atoms with Crippen molar-refractivity contribution in [2.45, 2.75) is 186 Å². The molecular formula is C51H81NO13. The highest BCUT2D eigenvalue weighted by Gasteiger charge is 2.53. The summed E-state index contributed by atoms with van der Waals surface area (Å²) < 4.78 is 29.5. The zero-order chi connectivity index (χ0) is 48.2. The summed E-state index contributed by atoms with van der Waals surface area (Å²) >= 11 is 0. The lowest BCUT2D eigenvalue weighted by Gasteiger charge is -2.46. The van der Waals surface area contributed by atoms with Crippen LogP contribution in [0.4, 0.5) is 0 Å². The van der Waals surface area contributed by atoms with Crippen LogP contribution in [0.3, 0.4) is 0 Å². The van der Waals surface area contributed by atoms with Gasteiger partial charge in [0.1, 0.15) is 18.2 Å². The first-order valence-electron chi connectivity index (χ1n) is 24.1. The molecule has 2 saturated heterocycles. The molecule has 14 nitrogen and oxygen atoms in total. The smallest absolute Gasteiger partial charge is 0.329 e. The lowest BCUT2D eigenvalue weighted by atomic mass is 9.78. The van der Waals surface area contributed by atoms with E-state index in [0.717, 1.165) is 12.0 Å². The van der Waals surface area contributed by atoms with Gasteiger partial charge in [0.05, 0.1) is 30.5 Å². The van der Waals surface area contributed by atoms with Gasteiger partial charge >= 0.3 is 5.97 Å². The van der Waals surface area contributed by atoms with Crippen molar-refractivity contribution in [3.05, 3.63) is 47.6 Å². The van der Waals surface area contributed by atoms with Crippen LogP contribution in [0.2, 0.25) is 0 Å². The quantitative estimate of drug-likeness (QED) is 0.228. The summed E-state index contributed by atoms with van der Waals surface area (Å²) in [5.41, 5.74) is 1.23. The number of amides is 1. The number of rotatable bonds is 6. The fraction of sp³-hybridized carbons (Fsp3) is 0.765. The molecule has 0 radical (unpaired) electrons. The largest absolute Gasteiger partial charge is 0.460 e. The van der Waals surface area contributed by atoms with E-state index in [1.54, 1.807) is 41.1 Å². The van der Waals surface area contributed by atoms with E-state index in [1.807, 2.05) is 58.1 Å². The molecule has 368 valence electrons. The molecule has 3 aliphatic heterocycles. The molecule has 1 aliphatic carbocycles. The first-order chi connectivity index (χ1) is 30.7. The van der Waals surface area contributed by atoms with Crippen LogP contribution < -0.4 is 0 Å². The van der Waals surface area contributed by atoms with Crippen LogP contribution in [-0.4, -0.2) is 137 Å². The number of nitrogens with zero attached hydrogens (tertiary/aromatic N) is 1. The molecule has 1 saturated carbocycles. The Kier molecular flexibility index (Phi) is 21.3. The fourth-order valence-electron chi connectivity index (χ4n) is 10.3. The Morgan fingerprint density at radius 1 is 0.862 bits per heavy atom. The molecule has 0 aromatic rings. The Morgan fingerprint density at radius 3 is 2.26 bits per heavy atom. The summed E-state index contributed by atoms with van der Waals surface area (Å²) in [5.74, 6) is -6.20. The zero-order valence-corrected chi connectivity index (χ0v) is 40.7. The average molecular weight is 916 g/mol. The number of carbonyl (C=O) groups is 4. The summed E-state index contributed by atoms with van der Waals surface area (Å²) in [6, 6.07) is -1.08. The standard InChI is InChI=1S/C51H81NO13/c1-30-16-12-11-13-17-31(2)42(61-8)28-38-21-19-36(7)51(60,65-38)48(57)49(58)52-23-15-14-18-39(52)50(59)64-43(33(4)26-37-20-22-40(53)44(27-37)62-9)29-41(54)32(3)25-35(6)46(56)47(63-10)45(55)34(5)24-30/h11-13,16-17,25,30,33-40,42-44,46-48,53,56-57,60H,14-15,18-24,26-29H2,1-10H3/b13-11?,16-12?,31-17?,32-25-. The third-order valence-corrected chi connectivity index (χ3v) is 14.7. The van der Waals surface area contributed by atoms with Crippen LogP contribution in [0.5, 0.6) is 0 Å². The topological polar surface area (TPSA) is 199 Å². The van der Waals surface area contributed by atoms with E-state index in [1.165, 1.54) is 12.0 Å². The number of ether oxygens (including phenoxy) is 5. The molecule has 3 heterocycles. The fourth-order valence-corrected chi connectivity index (χ4v) is 10.3. The van der Waals surface area contributed by atoms with Crippen molar-refractivity contribution in [1.82, 2.24) is 4.90 Å². The third-order valence-electron chi connectivity index (χ3n) is 14.7. The number of carbonyl (C=O) groups excluding carboxylic acids is 4. The SMILES string of the molecule is COC1CC2CCC(C)C(O)(O2)C(O)C(=O)N2CCCCC2C(=O)OC(C(C)CC2CCC(O)C(OC)C2)CC(=O)/C(C)=C\C(C)C(O)C(OC)C(=O)C(C)CC(C)C=CC=CC=C1C. The molecule has 14 heteroatoms. The Labute approximate surface area is 387 Å². The van der Waals surface area contributed by atoms with Crippen molar-refractivity contribution in [2.24, 2.45) is 35.5 Å². The van der Waals surface area contributed by atoms with E-state index in [2.05, 4.69) is 0 Å². The van der Waals surface area contributed by atoms with E-state index in [-0.39, 0.29) is 60.9 Å². The molecule has 3 fully saturated rings. The van der Waals surface area contributed by atoms with Gasteiger partial charge in [0.25, 0.3) is 5.91 Å². The number of hydrogen-bond acceptors (Lipinski definition) is 13. The van der Waals surface area contributed by atoms with Gasteiger partial charge in [0.2, 0.25) is 5.79 Å². The Morgan fingerprint density at radius 2 is 1.58 bits per heavy atom. The first kappa shape index (κ1) is 54.5. The van der Waals surface area contributed by atoms with Crippen LogP contribution in [0, 0.1) is 35.5 Å². The summed E-state index contributed by atoms with van der Waals surface area (Å²) in [5, 5.41) is 45.7. The number of esters is 1. The van der Waals surface area contributed by atoms with Gasteiger partial charge in [-0.25, -0.2) is 4.79 Å². The summed E-state index contributed by atoms with van der Waals surface area (Å²) in [4.78, 5) is 57.8. The third kappa shape index (κ3) is 14.5. The van der Waals surface area contributed by atoms with Gasteiger partial charge in [-0.2, -0.15) is 0 Å². The number of ketones is 2. The van der Waals surface area contributed by atoms with Gasteiger partial charge in [-0.3, -0.25) is 14.4 Å². The number of Topliss-reactive ketones (excluding diaryl/α,β-unsaturated/α-hetero) is 2. The van der Waals surface area contributed by atoms with Gasteiger partial charge in [0, 0.05) is 58.5 Å². The second kappa shape index (κ2) is 25.3. The number of cyclic esters (lactones) is 1. The highest BCUT2D eigenvalue weighted by molar-refractivity contribution is 5.95. The molecule has 16 atom stereocenters. The molecule has 65 heavy (non-hydrogen) atoms. The van der Waals surface area contributed by atoms with Gasteiger partial charge in [0.15, 0.2) is 17.7 Å². The monoisotopic (exact) mass is 916 g/mol. The van der Waals surface area contributed by atoms with Crippen molar-refractivity contribution in [3.8, 4) is 0 Å². The number of methoxy groups -OCH3 is 3. The van der Waals surface area contributed by atoms with Gasteiger partial charge in [-0.15, -0.1) is 0 Å². The summed E-state index contributed by atoms with van der Waals surface area (Å²) in [6.45, 7) is 12.9. The number of allylic oxidation sites excluding steroid dienone is 6. The van der Waals surface area contributed by atoms with Crippen LogP contribution >= 0.6 is 0 Å². The van der Waals surface area contributed by atoms with Crippen molar-refractivity contribution < 1.29 is 63.3 Å². The normalized spacial score (nSPS) is 39.8. The average Bonchev–Trinajstić information content (AvgIpc) is 3.28. The highest BCUT2D eigenvalue weighted by Crippen LogP contribution is 2.39. The highest BCUT2D eigenvalue weighted by atomic mass is 16.6. The Hall–Kier alpha value is -3.08. The molecule has 0 aromatic heterocycles. The first-order valence-corrected chi connectivity index (χ1v) is 24.1. The minimum atomic E-state index is -2.23. The summed E-state index contributed by atoms with van der Waals surface area (Å²) in [6.07, 6.45) is 9.77. The van der Waals surface area contributed by atoms with Gasteiger partial charge in [-0.1, -0.05) is 71.1 Å².